The Kier molecular flexibility index (Phi) is 4.75. The molecule has 7 heteroatoms. The number of likely N-dealkylation sites (tertiary alicyclic amines) is 1. The third-order valence-electron chi connectivity index (χ3n) is 5.14. The van der Waals surface area contributed by atoms with Gasteiger partial charge in [-0.25, -0.2) is 13.4 Å². The van der Waals surface area contributed by atoms with Crippen LogP contribution in [0.15, 0.2) is 12.4 Å². The van der Waals surface area contributed by atoms with Gasteiger partial charge in [-0.15, -0.1) is 0 Å². The first-order valence-electron chi connectivity index (χ1n) is 8.46. The fourth-order valence-corrected chi connectivity index (χ4v) is 5.62. The van der Waals surface area contributed by atoms with Crippen molar-refractivity contribution in [2.45, 2.75) is 56.7 Å². The van der Waals surface area contributed by atoms with Gasteiger partial charge in [0.25, 0.3) is 0 Å². The summed E-state index contributed by atoms with van der Waals surface area (Å²) in [5, 5.41) is -0.303. The van der Waals surface area contributed by atoms with Crippen LogP contribution in [0.1, 0.15) is 50.4 Å². The monoisotopic (exact) mass is 339 g/mol. The molecule has 2 aliphatic rings. The third-order valence-corrected chi connectivity index (χ3v) is 7.28. The standard InChI is InChI=1S/C16H25N3O3S/c1-13-17-8-10-19(13)14-5-4-9-18(11-14)16(20)12-23(21,22)15-6-2-3-7-15/h8,10,14-15H,2-7,9,11-12H2,1H3/t14-/m0/s1. The molecule has 0 spiro atoms. The van der Waals surface area contributed by atoms with Crippen LogP contribution in [0.3, 0.4) is 0 Å². The van der Waals surface area contributed by atoms with E-state index < -0.39 is 9.84 Å². The van der Waals surface area contributed by atoms with Crippen molar-refractivity contribution in [2.24, 2.45) is 0 Å². The highest BCUT2D eigenvalue weighted by molar-refractivity contribution is 7.92. The number of carbonyl (C=O) groups excluding carboxylic acids is 1. The van der Waals surface area contributed by atoms with Gasteiger partial charge in [-0.05, 0) is 32.6 Å². The van der Waals surface area contributed by atoms with E-state index in [1.165, 1.54) is 0 Å². The second-order valence-electron chi connectivity index (χ2n) is 6.73. The highest BCUT2D eigenvalue weighted by atomic mass is 32.2. The summed E-state index contributed by atoms with van der Waals surface area (Å²) in [6.45, 7) is 3.19. The number of nitrogens with zero attached hydrogens (tertiary/aromatic N) is 3. The summed E-state index contributed by atoms with van der Waals surface area (Å²) >= 11 is 0. The minimum absolute atomic E-state index is 0.199. The van der Waals surface area contributed by atoms with E-state index in [9.17, 15) is 13.2 Å². The number of aromatic nitrogens is 2. The van der Waals surface area contributed by atoms with E-state index in [1.54, 1.807) is 11.1 Å². The van der Waals surface area contributed by atoms with Crippen molar-refractivity contribution < 1.29 is 13.2 Å². The zero-order chi connectivity index (χ0) is 16.4. The zero-order valence-electron chi connectivity index (χ0n) is 13.6. The van der Waals surface area contributed by atoms with Gasteiger partial charge in [0.1, 0.15) is 11.6 Å². The molecule has 1 aliphatic carbocycles. The van der Waals surface area contributed by atoms with Crippen LogP contribution in [-0.4, -0.2) is 52.9 Å². The molecule has 3 rings (SSSR count). The van der Waals surface area contributed by atoms with Crippen molar-refractivity contribution >= 4 is 15.7 Å². The Labute approximate surface area is 137 Å². The molecular weight excluding hydrogens is 314 g/mol. The molecule has 1 aromatic rings. The summed E-state index contributed by atoms with van der Waals surface area (Å²) in [5.74, 6) is 0.370. The number of rotatable bonds is 4. The van der Waals surface area contributed by atoms with Crippen LogP contribution in [0.25, 0.3) is 0 Å². The SMILES string of the molecule is Cc1nccn1[C@H]1CCCN(C(=O)CS(=O)(=O)C2CCCC2)C1. The van der Waals surface area contributed by atoms with Gasteiger partial charge in [0, 0.05) is 25.5 Å². The quantitative estimate of drug-likeness (QED) is 0.837. The van der Waals surface area contributed by atoms with Gasteiger partial charge in [-0.1, -0.05) is 12.8 Å². The molecule has 1 saturated heterocycles. The van der Waals surface area contributed by atoms with E-state index in [-0.39, 0.29) is 23.0 Å². The van der Waals surface area contributed by atoms with Crippen LogP contribution in [-0.2, 0) is 14.6 Å². The van der Waals surface area contributed by atoms with Crippen molar-refractivity contribution in [1.82, 2.24) is 14.5 Å². The van der Waals surface area contributed by atoms with Gasteiger partial charge < -0.3 is 9.47 Å². The lowest BCUT2D eigenvalue weighted by Crippen LogP contribution is -2.44. The van der Waals surface area contributed by atoms with Gasteiger partial charge in [0.2, 0.25) is 5.91 Å². The highest BCUT2D eigenvalue weighted by Crippen LogP contribution is 2.27. The molecule has 23 heavy (non-hydrogen) atoms. The van der Waals surface area contributed by atoms with Gasteiger partial charge in [0.15, 0.2) is 9.84 Å². The molecule has 6 nitrogen and oxygen atoms in total. The Bertz CT molecular complexity index is 662. The molecule has 2 heterocycles. The first-order valence-corrected chi connectivity index (χ1v) is 10.2. The van der Waals surface area contributed by atoms with Crippen molar-refractivity contribution in [3.63, 3.8) is 0 Å². The number of amides is 1. The molecule has 0 N–H and O–H groups in total. The van der Waals surface area contributed by atoms with Gasteiger partial charge in [0.05, 0.1) is 11.3 Å². The lowest BCUT2D eigenvalue weighted by Gasteiger charge is -2.34. The van der Waals surface area contributed by atoms with Gasteiger partial charge in [-0.2, -0.15) is 0 Å². The summed E-state index contributed by atoms with van der Waals surface area (Å²) < 4.78 is 26.9. The molecule has 128 valence electrons. The van der Waals surface area contributed by atoms with Crippen LogP contribution < -0.4 is 0 Å². The summed E-state index contributed by atoms with van der Waals surface area (Å²) in [4.78, 5) is 18.5. The van der Waals surface area contributed by atoms with Crippen LogP contribution in [0.4, 0.5) is 0 Å². The van der Waals surface area contributed by atoms with Crippen LogP contribution in [0.2, 0.25) is 0 Å². The van der Waals surface area contributed by atoms with Crippen molar-refractivity contribution in [3.8, 4) is 0 Å². The fourth-order valence-electron chi connectivity index (χ4n) is 3.81. The Morgan fingerprint density at radius 3 is 2.65 bits per heavy atom. The smallest absolute Gasteiger partial charge is 0.237 e. The summed E-state index contributed by atoms with van der Waals surface area (Å²) in [6, 6.07) is 0.199. The maximum Gasteiger partial charge on any atom is 0.237 e. The highest BCUT2D eigenvalue weighted by Gasteiger charge is 2.33. The second-order valence-corrected chi connectivity index (χ2v) is 9.01. The van der Waals surface area contributed by atoms with Crippen LogP contribution in [0, 0.1) is 6.92 Å². The first-order chi connectivity index (χ1) is 11.0. The van der Waals surface area contributed by atoms with E-state index in [2.05, 4.69) is 9.55 Å². The second kappa shape index (κ2) is 6.63. The number of aryl methyl sites for hydroxylation is 1. The number of hydrogen-bond acceptors (Lipinski definition) is 4. The number of sulfone groups is 1. The normalized spacial score (nSPS) is 23.3. The molecule has 1 atom stereocenters. The molecule has 1 aliphatic heterocycles. The molecule has 0 bridgehead atoms. The van der Waals surface area contributed by atoms with E-state index >= 15 is 0 Å². The lowest BCUT2D eigenvalue weighted by molar-refractivity contribution is -0.130. The van der Waals surface area contributed by atoms with Crippen molar-refractivity contribution in [1.29, 1.82) is 0 Å². The Balaban J connectivity index is 1.64. The minimum atomic E-state index is -3.30. The van der Waals surface area contributed by atoms with E-state index in [4.69, 9.17) is 0 Å². The molecular formula is C16H25N3O3S. The maximum atomic E-state index is 12.5. The average molecular weight is 339 g/mol. The Hall–Kier alpha value is -1.37. The zero-order valence-corrected chi connectivity index (χ0v) is 14.5. The largest absolute Gasteiger partial charge is 0.340 e. The number of hydrogen-bond donors (Lipinski definition) is 0. The first kappa shape index (κ1) is 16.5. The number of carbonyl (C=O) groups is 1. The van der Waals surface area contributed by atoms with Crippen LogP contribution in [0.5, 0.6) is 0 Å². The topological polar surface area (TPSA) is 72.3 Å². The Morgan fingerprint density at radius 1 is 1.26 bits per heavy atom. The van der Waals surface area contributed by atoms with Crippen LogP contribution >= 0.6 is 0 Å². The molecule has 2 fully saturated rings. The predicted molar refractivity (Wildman–Crippen MR) is 87.9 cm³/mol. The summed E-state index contributed by atoms with van der Waals surface area (Å²) in [7, 11) is -3.30. The predicted octanol–water partition coefficient (Wildman–Crippen LogP) is 1.71. The number of imidazole rings is 1. The molecule has 0 aromatic carbocycles. The van der Waals surface area contributed by atoms with E-state index in [0.29, 0.717) is 25.9 Å². The number of piperidine rings is 1. The summed E-state index contributed by atoms with van der Waals surface area (Å²) in [6.07, 6.45) is 8.95. The molecule has 1 amide bonds. The van der Waals surface area contributed by atoms with Gasteiger partial charge >= 0.3 is 0 Å². The van der Waals surface area contributed by atoms with E-state index in [0.717, 1.165) is 31.5 Å². The molecule has 0 unspecified atom stereocenters. The molecule has 0 radical (unpaired) electrons. The Morgan fingerprint density at radius 2 is 2.00 bits per heavy atom. The lowest BCUT2D eigenvalue weighted by atomic mass is 10.1. The van der Waals surface area contributed by atoms with Crippen molar-refractivity contribution in [3.05, 3.63) is 18.2 Å². The fraction of sp³-hybridized carbons (Fsp3) is 0.750. The summed E-state index contributed by atoms with van der Waals surface area (Å²) in [5.41, 5.74) is 0. The molecule has 1 saturated carbocycles. The molecule has 1 aromatic heterocycles. The average Bonchev–Trinajstić information content (AvgIpc) is 3.18. The third kappa shape index (κ3) is 3.59. The minimum Gasteiger partial charge on any atom is -0.340 e. The van der Waals surface area contributed by atoms with Crippen molar-refractivity contribution in [2.75, 3.05) is 18.8 Å². The maximum absolute atomic E-state index is 12.5. The van der Waals surface area contributed by atoms with Gasteiger partial charge in [-0.3, -0.25) is 4.79 Å². The van der Waals surface area contributed by atoms with E-state index in [1.807, 2.05) is 13.1 Å².